The van der Waals surface area contributed by atoms with Gasteiger partial charge >= 0.3 is 0 Å². The Morgan fingerprint density at radius 2 is 0.745 bits per heavy atom. The second kappa shape index (κ2) is 11.2. The number of hydrogen-bond donors (Lipinski definition) is 0. The second-order valence-electron chi connectivity index (χ2n) is 11.6. The lowest BCUT2D eigenvalue weighted by atomic mass is 9.86. The van der Waals surface area contributed by atoms with Gasteiger partial charge in [0.15, 0.2) is 23.2 Å². The maximum absolute atomic E-state index is 6.18. The maximum atomic E-state index is 6.18. The molecule has 47 heavy (non-hydrogen) atoms. The molecule has 0 unspecified atom stereocenters. The minimum absolute atomic E-state index is 0.502. The van der Waals surface area contributed by atoms with E-state index in [2.05, 4.69) is 103 Å². The van der Waals surface area contributed by atoms with E-state index in [1.807, 2.05) is 60.7 Å². The lowest BCUT2D eigenvalue weighted by Crippen LogP contribution is -1.99. The van der Waals surface area contributed by atoms with Crippen molar-refractivity contribution in [2.45, 2.75) is 0 Å². The molecule has 7 aromatic carbocycles. The van der Waals surface area contributed by atoms with Crippen LogP contribution in [0.3, 0.4) is 0 Å². The first kappa shape index (κ1) is 27.0. The summed E-state index contributed by atoms with van der Waals surface area (Å²) in [6.45, 7) is 0. The molecule has 220 valence electrons. The van der Waals surface area contributed by atoms with Gasteiger partial charge in [0.25, 0.3) is 0 Å². The van der Waals surface area contributed by atoms with Gasteiger partial charge in [-0.3, -0.25) is 0 Å². The van der Waals surface area contributed by atoms with Crippen molar-refractivity contribution in [2.75, 3.05) is 0 Å². The Balaban J connectivity index is 1.20. The Morgan fingerprint density at radius 3 is 1.30 bits per heavy atom. The SMILES string of the molecule is c1ccc(-c2nc(-c3ccc(-c4c5ccccc5c(-c5ccccc5)c5ccccc45)cc3)nc(-c3cc4ccccc4o3)n2)cc1. The van der Waals surface area contributed by atoms with Gasteiger partial charge in [-0.05, 0) is 55.9 Å². The molecule has 2 aromatic heterocycles. The highest BCUT2D eigenvalue weighted by molar-refractivity contribution is 6.21. The zero-order chi connectivity index (χ0) is 31.2. The molecule has 0 saturated heterocycles. The summed E-state index contributed by atoms with van der Waals surface area (Å²) in [5, 5.41) is 5.91. The van der Waals surface area contributed by atoms with Crippen LogP contribution in [0.15, 0.2) is 168 Å². The van der Waals surface area contributed by atoms with Crippen molar-refractivity contribution in [3.05, 3.63) is 164 Å². The minimum atomic E-state index is 0.502. The molecule has 0 spiro atoms. The van der Waals surface area contributed by atoms with Gasteiger partial charge in [-0.1, -0.05) is 152 Å². The number of para-hydroxylation sites is 1. The van der Waals surface area contributed by atoms with Crippen LogP contribution in [0, 0.1) is 0 Å². The molecule has 0 fully saturated rings. The number of benzene rings is 7. The van der Waals surface area contributed by atoms with Crippen LogP contribution >= 0.6 is 0 Å². The molecule has 9 aromatic rings. The summed E-state index contributed by atoms with van der Waals surface area (Å²) < 4.78 is 6.18. The average Bonchev–Trinajstić information content (AvgIpc) is 3.59. The quantitative estimate of drug-likeness (QED) is 0.184. The van der Waals surface area contributed by atoms with E-state index in [1.54, 1.807) is 0 Å². The Bertz CT molecular complexity index is 2460. The third-order valence-corrected chi connectivity index (χ3v) is 8.74. The van der Waals surface area contributed by atoms with E-state index >= 15 is 0 Å². The molecule has 0 radical (unpaired) electrons. The van der Waals surface area contributed by atoms with E-state index in [9.17, 15) is 0 Å². The van der Waals surface area contributed by atoms with Gasteiger partial charge in [0, 0.05) is 16.5 Å². The Hall–Kier alpha value is -6.39. The first-order chi connectivity index (χ1) is 23.3. The summed E-state index contributed by atoms with van der Waals surface area (Å²) in [5.41, 5.74) is 7.44. The van der Waals surface area contributed by atoms with Gasteiger partial charge < -0.3 is 4.42 Å². The fraction of sp³-hybridized carbons (Fsp3) is 0. The van der Waals surface area contributed by atoms with Gasteiger partial charge in [0.2, 0.25) is 0 Å². The van der Waals surface area contributed by atoms with Crippen molar-refractivity contribution in [1.29, 1.82) is 0 Å². The van der Waals surface area contributed by atoms with E-state index in [-0.39, 0.29) is 0 Å². The molecule has 0 aliphatic carbocycles. The second-order valence-corrected chi connectivity index (χ2v) is 11.6. The molecule has 0 amide bonds. The molecule has 4 heteroatoms. The highest BCUT2D eigenvalue weighted by Crippen LogP contribution is 2.43. The summed E-state index contributed by atoms with van der Waals surface area (Å²) in [7, 11) is 0. The van der Waals surface area contributed by atoms with Crippen LogP contribution in [0.5, 0.6) is 0 Å². The van der Waals surface area contributed by atoms with Gasteiger partial charge in [-0.15, -0.1) is 0 Å². The highest BCUT2D eigenvalue weighted by Gasteiger charge is 2.18. The third-order valence-electron chi connectivity index (χ3n) is 8.74. The Kier molecular flexibility index (Phi) is 6.43. The molecule has 0 atom stereocenters. The molecule has 4 nitrogen and oxygen atoms in total. The van der Waals surface area contributed by atoms with Crippen LogP contribution in [0.2, 0.25) is 0 Å². The van der Waals surface area contributed by atoms with Crippen LogP contribution in [0.1, 0.15) is 0 Å². The van der Waals surface area contributed by atoms with Crippen LogP contribution in [0.4, 0.5) is 0 Å². The number of furan rings is 1. The van der Waals surface area contributed by atoms with Gasteiger partial charge in [-0.25, -0.2) is 15.0 Å². The first-order valence-corrected chi connectivity index (χ1v) is 15.7. The number of fused-ring (bicyclic) bond motifs is 3. The van der Waals surface area contributed by atoms with Gasteiger partial charge in [0.05, 0.1) is 0 Å². The van der Waals surface area contributed by atoms with Crippen molar-refractivity contribution in [1.82, 2.24) is 15.0 Å². The molecule has 0 saturated carbocycles. The smallest absolute Gasteiger partial charge is 0.199 e. The molecule has 2 heterocycles. The van der Waals surface area contributed by atoms with Crippen molar-refractivity contribution >= 4 is 32.5 Å². The summed E-state index contributed by atoms with van der Waals surface area (Å²) in [6.07, 6.45) is 0. The lowest BCUT2D eigenvalue weighted by molar-refractivity contribution is 0.625. The molecule has 0 bridgehead atoms. The fourth-order valence-corrected chi connectivity index (χ4v) is 6.56. The monoisotopic (exact) mass is 601 g/mol. The standard InChI is InChI=1S/C43H27N3O/c1-3-13-28(14-4-1)39-33-18-8-10-20-35(33)40(36-21-11-9-19-34(36)39)29-23-25-31(26-24-29)42-44-41(30-15-5-2-6-16-30)45-43(46-42)38-27-32-17-7-12-22-37(32)47-38/h1-27H. The van der Waals surface area contributed by atoms with Crippen LogP contribution in [-0.4, -0.2) is 15.0 Å². The first-order valence-electron chi connectivity index (χ1n) is 15.7. The number of aromatic nitrogens is 3. The predicted molar refractivity (Wildman–Crippen MR) is 192 cm³/mol. The summed E-state index contributed by atoms with van der Waals surface area (Å²) in [6, 6.07) is 56.6. The predicted octanol–water partition coefficient (Wildman–Crippen LogP) is 11.3. The highest BCUT2D eigenvalue weighted by atomic mass is 16.3. The topological polar surface area (TPSA) is 51.8 Å². The molecule has 0 aliphatic heterocycles. The average molecular weight is 602 g/mol. The zero-order valence-electron chi connectivity index (χ0n) is 25.3. The largest absolute Gasteiger partial charge is 0.453 e. The van der Waals surface area contributed by atoms with E-state index in [4.69, 9.17) is 19.4 Å². The van der Waals surface area contributed by atoms with Crippen LogP contribution < -0.4 is 0 Å². The lowest BCUT2D eigenvalue weighted by Gasteiger charge is -2.17. The summed E-state index contributed by atoms with van der Waals surface area (Å²) in [4.78, 5) is 14.7. The Labute approximate surface area is 271 Å². The summed E-state index contributed by atoms with van der Waals surface area (Å²) >= 11 is 0. The van der Waals surface area contributed by atoms with Gasteiger partial charge in [-0.2, -0.15) is 0 Å². The Morgan fingerprint density at radius 1 is 0.340 bits per heavy atom. The van der Waals surface area contributed by atoms with Crippen LogP contribution in [0.25, 0.3) is 89.1 Å². The normalized spacial score (nSPS) is 11.4. The number of hydrogen-bond acceptors (Lipinski definition) is 4. The fourth-order valence-electron chi connectivity index (χ4n) is 6.56. The molecular weight excluding hydrogens is 574 g/mol. The van der Waals surface area contributed by atoms with Crippen molar-refractivity contribution in [3.63, 3.8) is 0 Å². The summed E-state index contributed by atoms with van der Waals surface area (Å²) in [5.74, 6) is 2.31. The molecule has 0 N–H and O–H groups in total. The zero-order valence-corrected chi connectivity index (χ0v) is 25.3. The maximum Gasteiger partial charge on any atom is 0.199 e. The van der Waals surface area contributed by atoms with E-state index in [0.717, 1.165) is 27.7 Å². The van der Waals surface area contributed by atoms with Crippen LogP contribution in [-0.2, 0) is 0 Å². The number of rotatable bonds is 5. The van der Waals surface area contributed by atoms with Crippen molar-refractivity contribution < 1.29 is 4.42 Å². The molecular formula is C43H27N3O. The van der Waals surface area contributed by atoms with E-state index < -0.39 is 0 Å². The molecule has 0 aliphatic rings. The third kappa shape index (κ3) is 4.75. The molecule has 9 rings (SSSR count). The number of nitrogens with zero attached hydrogens (tertiary/aromatic N) is 3. The van der Waals surface area contributed by atoms with E-state index in [1.165, 1.54) is 38.2 Å². The van der Waals surface area contributed by atoms with Crippen molar-refractivity contribution in [2.24, 2.45) is 0 Å². The van der Waals surface area contributed by atoms with Crippen molar-refractivity contribution in [3.8, 4) is 56.6 Å². The minimum Gasteiger partial charge on any atom is -0.453 e. The van der Waals surface area contributed by atoms with Gasteiger partial charge in [0.1, 0.15) is 5.58 Å². The van der Waals surface area contributed by atoms with E-state index in [0.29, 0.717) is 23.2 Å².